The Labute approximate surface area is 159 Å². The molecule has 0 aliphatic heterocycles. The van der Waals surface area contributed by atoms with Crippen molar-refractivity contribution < 1.29 is 9.59 Å². The van der Waals surface area contributed by atoms with Gasteiger partial charge in [0.2, 0.25) is 12.2 Å². The van der Waals surface area contributed by atoms with E-state index in [0.29, 0.717) is 25.8 Å². The van der Waals surface area contributed by atoms with Gasteiger partial charge in [-0.15, -0.1) is 0 Å². The summed E-state index contributed by atoms with van der Waals surface area (Å²) in [5.74, 6) is -0.161. The highest BCUT2D eigenvalue weighted by Gasteiger charge is 2.11. The van der Waals surface area contributed by atoms with Crippen LogP contribution in [0, 0.1) is 5.41 Å². The lowest BCUT2D eigenvalue weighted by Crippen LogP contribution is -2.37. The zero-order valence-electron chi connectivity index (χ0n) is 16.6. The molecule has 0 bridgehead atoms. The topological polar surface area (TPSA) is 108 Å². The second-order valence-electron chi connectivity index (χ2n) is 7.01. The molecule has 151 valence electrons. The first-order valence-electron chi connectivity index (χ1n) is 10.3. The molecule has 0 aliphatic rings. The van der Waals surface area contributed by atoms with Gasteiger partial charge in [-0.2, -0.15) is 0 Å². The van der Waals surface area contributed by atoms with Gasteiger partial charge < -0.3 is 16.4 Å². The Bertz CT molecular complexity index is 375. The number of carbonyl (C=O) groups excluding carboxylic acids is 2. The maximum atomic E-state index is 11.9. The number of guanidine groups is 1. The van der Waals surface area contributed by atoms with Crippen molar-refractivity contribution in [2.24, 2.45) is 5.73 Å². The Morgan fingerprint density at radius 1 is 0.962 bits per heavy atom. The van der Waals surface area contributed by atoms with Gasteiger partial charge in [-0.05, 0) is 19.3 Å². The Morgan fingerprint density at radius 2 is 1.50 bits per heavy atom. The average Bonchev–Trinajstić information content (AvgIpc) is 2.62. The molecule has 5 N–H and O–H groups in total. The lowest BCUT2D eigenvalue weighted by atomic mass is 10.1. The van der Waals surface area contributed by atoms with E-state index in [1.54, 1.807) is 0 Å². The van der Waals surface area contributed by atoms with E-state index in [1.165, 1.54) is 57.8 Å². The zero-order valence-corrected chi connectivity index (χ0v) is 16.6. The molecular formula is C20H39N4O2. The maximum absolute atomic E-state index is 11.9. The van der Waals surface area contributed by atoms with Crippen molar-refractivity contribution in [1.29, 1.82) is 5.41 Å². The third-order valence-electron chi connectivity index (χ3n) is 4.47. The minimum Gasteiger partial charge on any atom is -0.370 e. The molecule has 1 atom stereocenters. The van der Waals surface area contributed by atoms with Crippen LogP contribution in [0.5, 0.6) is 0 Å². The van der Waals surface area contributed by atoms with Crippen LogP contribution in [0.25, 0.3) is 0 Å². The molecule has 0 fully saturated rings. The first-order chi connectivity index (χ1) is 12.6. The van der Waals surface area contributed by atoms with Crippen molar-refractivity contribution in [1.82, 2.24) is 10.6 Å². The van der Waals surface area contributed by atoms with Gasteiger partial charge in [-0.25, -0.2) is 0 Å². The van der Waals surface area contributed by atoms with Gasteiger partial charge in [0.1, 0.15) is 0 Å². The second-order valence-corrected chi connectivity index (χ2v) is 7.01. The SMILES string of the molecule is CCCCCCCCCCCCCC(=O)N[C@@H]([C]=O)CCCNC(=N)N. The predicted octanol–water partition coefficient (Wildman–Crippen LogP) is 3.55. The summed E-state index contributed by atoms with van der Waals surface area (Å²) in [5.41, 5.74) is 5.18. The molecule has 0 saturated heterocycles. The molecule has 0 rings (SSSR count). The highest BCUT2D eigenvalue weighted by molar-refractivity contribution is 5.79. The fourth-order valence-corrected chi connectivity index (χ4v) is 2.91. The van der Waals surface area contributed by atoms with Crippen LogP contribution in [0.2, 0.25) is 0 Å². The number of nitrogens with one attached hydrogen (secondary N) is 3. The number of unbranched alkanes of at least 4 members (excludes halogenated alkanes) is 10. The summed E-state index contributed by atoms with van der Waals surface area (Å²) in [5, 5.41) is 12.4. The molecule has 1 radical (unpaired) electrons. The van der Waals surface area contributed by atoms with Crippen molar-refractivity contribution >= 4 is 18.2 Å². The fraction of sp³-hybridized carbons (Fsp3) is 0.850. The molecule has 26 heavy (non-hydrogen) atoms. The van der Waals surface area contributed by atoms with E-state index in [1.807, 2.05) is 6.29 Å². The minimum absolute atomic E-state index is 0.0752. The summed E-state index contributed by atoms with van der Waals surface area (Å²) in [6.45, 7) is 2.76. The Morgan fingerprint density at radius 3 is 2.00 bits per heavy atom. The molecule has 0 unspecified atom stereocenters. The molecular weight excluding hydrogens is 328 g/mol. The standard InChI is InChI=1S/C20H39N4O2/c1-2-3-4-5-6-7-8-9-10-11-12-15-19(26)24-18(17-25)14-13-16-23-20(21)22/h18H,2-16H2,1H3,(H,24,26)(H4,21,22,23)/t18-/m1/s1. The Hall–Kier alpha value is -1.59. The number of nitrogens with two attached hydrogens (primary N) is 1. The van der Waals surface area contributed by atoms with Gasteiger partial charge >= 0.3 is 0 Å². The molecule has 0 saturated carbocycles. The van der Waals surface area contributed by atoms with E-state index in [9.17, 15) is 9.59 Å². The summed E-state index contributed by atoms with van der Waals surface area (Å²) in [6.07, 6.45) is 17.3. The summed E-state index contributed by atoms with van der Waals surface area (Å²) < 4.78 is 0. The van der Waals surface area contributed by atoms with Crippen LogP contribution < -0.4 is 16.4 Å². The van der Waals surface area contributed by atoms with Crippen LogP contribution in [0.3, 0.4) is 0 Å². The zero-order chi connectivity index (χ0) is 19.5. The van der Waals surface area contributed by atoms with E-state index in [0.717, 1.165) is 12.8 Å². The Kier molecular flexibility index (Phi) is 17.1. The molecule has 6 heteroatoms. The third kappa shape index (κ3) is 17.2. The molecule has 0 aromatic carbocycles. The van der Waals surface area contributed by atoms with E-state index < -0.39 is 6.04 Å². The molecule has 0 aromatic heterocycles. The average molecular weight is 368 g/mol. The van der Waals surface area contributed by atoms with Gasteiger partial charge in [-0.3, -0.25) is 15.0 Å². The Balaban J connectivity index is 3.48. The molecule has 6 nitrogen and oxygen atoms in total. The fourth-order valence-electron chi connectivity index (χ4n) is 2.91. The lowest BCUT2D eigenvalue weighted by molar-refractivity contribution is -0.121. The second kappa shape index (κ2) is 18.2. The van der Waals surface area contributed by atoms with Crippen LogP contribution in [0.15, 0.2) is 0 Å². The number of carbonyl (C=O) groups is 1. The van der Waals surface area contributed by atoms with Gasteiger partial charge in [0.25, 0.3) is 0 Å². The van der Waals surface area contributed by atoms with Gasteiger partial charge in [0.15, 0.2) is 5.96 Å². The van der Waals surface area contributed by atoms with Crippen LogP contribution in [0.4, 0.5) is 0 Å². The van der Waals surface area contributed by atoms with Crippen LogP contribution in [-0.2, 0) is 9.59 Å². The number of hydrogen-bond acceptors (Lipinski definition) is 3. The van der Waals surface area contributed by atoms with Crippen LogP contribution >= 0.6 is 0 Å². The van der Waals surface area contributed by atoms with Crippen LogP contribution in [0.1, 0.15) is 96.8 Å². The summed E-state index contributed by atoms with van der Waals surface area (Å²) in [7, 11) is 0. The highest BCUT2D eigenvalue weighted by Crippen LogP contribution is 2.12. The molecule has 1 amide bonds. The normalized spacial score (nSPS) is 11.7. The monoisotopic (exact) mass is 367 g/mol. The van der Waals surface area contributed by atoms with Crippen LogP contribution in [-0.4, -0.2) is 30.7 Å². The highest BCUT2D eigenvalue weighted by atomic mass is 16.2. The van der Waals surface area contributed by atoms with Crippen molar-refractivity contribution in [2.75, 3.05) is 6.54 Å². The van der Waals surface area contributed by atoms with Gasteiger partial charge in [-0.1, -0.05) is 71.1 Å². The molecule has 0 spiro atoms. The summed E-state index contributed by atoms with van der Waals surface area (Å²) in [6, 6.07) is -0.566. The van der Waals surface area contributed by atoms with Crippen molar-refractivity contribution in [2.45, 2.75) is 103 Å². The number of amides is 1. The van der Waals surface area contributed by atoms with Gasteiger partial charge in [0.05, 0.1) is 6.04 Å². The van der Waals surface area contributed by atoms with Crippen molar-refractivity contribution in [3.8, 4) is 0 Å². The first kappa shape index (κ1) is 24.4. The van der Waals surface area contributed by atoms with Crippen molar-refractivity contribution in [3.05, 3.63) is 0 Å². The third-order valence-corrected chi connectivity index (χ3v) is 4.47. The molecule has 0 heterocycles. The smallest absolute Gasteiger partial charge is 0.222 e. The van der Waals surface area contributed by atoms with E-state index >= 15 is 0 Å². The largest absolute Gasteiger partial charge is 0.370 e. The summed E-state index contributed by atoms with van der Waals surface area (Å²) >= 11 is 0. The first-order valence-corrected chi connectivity index (χ1v) is 10.3. The number of rotatable bonds is 18. The quantitative estimate of drug-likeness (QED) is 0.169. The number of hydrogen-bond donors (Lipinski definition) is 4. The lowest BCUT2D eigenvalue weighted by Gasteiger charge is -2.12. The van der Waals surface area contributed by atoms with Gasteiger partial charge in [0, 0.05) is 13.0 Å². The molecule has 0 aromatic rings. The van der Waals surface area contributed by atoms with E-state index in [2.05, 4.69) is 17.6 Å². The minimum atomic E-state index is -0.566. The molecule has 0 aliphatic carbocycles. The summed E-state index contributed by atoms with van der Waals surface area (Å²) in [4.78, 5) is 22.8. The maximum Gasteiger partial charge on any atom is 0.222 e. The predicted molar refractivity (Wildman–Crippen MR) is 108 cm³/mol. The van der Waals surface area contributed by atoms with E-state index in [4.69, 9.17) is 11.1 Å². The van der Waals surface area contributed by atoms with Crippen molar-refractivity contribution in [3.63, 3.8) is 0 Å². The van der Waals surface area contributed by atoms with E-state index in [-0.39, 0.29) is 11.9 Å².